The van der Waals surface area contributed by atoms with Gasteiger partial charge in [0.25, 0.3) is 11.8 Å². The number of rotatable bonds is 22. The van der Waals surface area contributed by atoms with Crippen LogP contribution >= 0.6 is 11.6 Å². The molecule has 1 atom stereocenters. The number of halogens is 1. The van der Waals surface area contributed by atoms with Crippen LogP contribution < -0.4 is 31.3 Å². The standard InChI is InChI=1S/C51H64ClN9O8S/c1-31(2)69-42-28-36(33(5)27-40(42)57-51-55-29-37(52)47(59-51)56-38-16-10-11-18-43(38)70(67,68)32(3)4)34-21-25-60(26-22-34)30-45(63)54-24-13-9-7-6-8-12-23-53-39-17-14-15-35-46(39)50(66)61(49(35)65)41-19-20-44(62)58-48(41)64/h10-11,14-18,27-29,31-32,34,41,53H,6-9,12-13,19-26,30H2,1-5H3,(H,54,63)(H,58,62,64)(H2,55,56,57,59). The Morgan fingerprint density at radius 3 is 2.27 bits per heavy atom. The number of piperidine rings is 2. The van der Waals surface area contributed by atoms with E-state index in [1.165, 1.54) is 11.8 Å². The van der Waals surface area contributed by atoms with E-state index >= 15 is 0 Å². The largest absolute Gasteiger partial charge is 0.489 e. The van der Waals surface area contributed by atoms with Crippen molar-refractivity contribution in [1.82, 2.24) is 30.4 Å². The number of sulfone groups is 1. The fourth-order valence-electron chi connectivity index (χ4n) is 9.16. The number of aryl methyl sites for hydroxylation is 1. The van der Waals surface area contributed by atoms with Gasteiger partial charge in [0.15, 0.2) is 15.7 Å². The predicted molar refractivity (Wildman–Crippen MR) is 270 cm³/mol. The van der Waals surface area contributed by atoms with E-state index in [0.717, 1.165) is 74.9 Å². The molecule has 1 aromatic heterocycles. The predicted octanol–water partition coefficient (Wildman–Crippen LogP) is 8.04. The van der Waals surface area contributed by atoms with Gasteiger partial charge in [0.2, 0.25) is 23.7 Å². The molecule has 5 amide bonds. The zero-order chi connectivity index (χ0) is 50.1. The lowest BCUT2D eigenvalue weighted by Crippen LogP contribution is -2.54. The number of imide groups is 2. The summed E-state index contributed by atoms with van der Waals surface area (Å²) < 4.78 is 32.5. The van der Waals surface area contributed by atoms with E-state index in [-0.39, 0.29) is 63.6 Å². The number of amides is 5. The molecule has 3 aromatic carbocycles. The first-order valence-electron chi connectivity index (χ1n) is 24.3. The lowest BCUT2D eigenvalue weighted by atomic mass is 9.86. The van der Waals surface area contributed by atoms with Gasteiger partial charge in [-0.3, -0.25) is 39.1 Å². The summed E-state index contributed by atoms with van der Waals surface area (Å²) in [5.74, 6) is -0.601. The average molecular weight is 999 g/mol. The molecule has 0 spiro atoms. The van der Waals surface area contributed by atoms with Gasteiger partial charge < -0.3 is 26.0 Å². The van der Waals surface area contributed by atoms with Crippen molar-refractivity contribution in [3.05, 3.63) is 88.1 Å². The van der Waals surface area contributed by atoms with E-state index in [9.17, 15) is 32.4 Å². The van der Waals surface area contributed by atoms with Crippen LogP contribution in [0.5, 0.6) is 5.75 Å². The van der Waals surface area contributed by atoms with Crippen molar-refractivity contribution in [2.45, 2.75) is 127 Å². The number of hydrogen-bond donors (Lipinski definition) is 5. The monoisotopic (exact) mass is 997 g/mol. The summed E-state index contributed by atoms with van der Waals surface area (Å²) in [6.45, 7) is 12.5. The zero-order valence-electron chi connectivity index (χ0n) is 40.5. The minimum absolute atomic E-state index is 0.0316. The number of anilines is 5. The fraction of sp³-hybridized carbons (Fsp3) is 0.471. The number of hydrogen-bond acceptors (Lipinski definition) is 14. The molecule has 17 nitrogen and oxygen atoms in total. The minimum atomic E-state index is -3.59. The molecule has 3 aliphatic heterocycles. The second-order valence-corrected chi connectivity index (χ2v) is 21.6. The van der Waals surface area contributed by atoms with Crippen LogP contribution in [0, 0.1) is 6.92 Å². The zero-order valence-corrected chi connectivity index (χ0v) is 42.1. The summed E-state index contributed by atoms with van der Waals surface area (Å²) in [4.78, 5) is 75.8. The van der Waals surface area contributed by atoms with Crippen molar-refractivity contribution in [2.24, 2.45) is 0 Å². The first kappa shape index (κ1) is 51.7. The first-order chi connectivity index (χ1) is 33.5. The van der Waals surface area contributed by atoms with Gasteiger partial charge in [-0.2, -0.15) is 4.98 Å². The van der Waals surface area contributed by atoms with E-state index in [4.69, 9.17) is 16.3 Å². The van der Waals surface area contributed by atoms with E-state index < -0.39 is 44.8 Å². The number of ether oxygens (including phenoxy) is 1. The summed E-state index contributed by atoms with van der Waals surface area (Å²) in [5, 5.41) is 14.7. The molecule has 1 unspecified atom stereocenters. The van der Waals surface area contributed by atoms with Crippen LogP contribution in [-0.4, -0.2) is 108 Å². The molecule has 0 saturated carbocycles. The maximum absolute atomic E-state index is 13.3. The van der Waals surface area contributed by atoms with Crippen LogP contribution in [0.3, 0.4) is 0 Å². The summed E-state index contributed by atoms with van der Waals surface area (Å²) in [6, 6.07) is 14.9. The Balaban J connectivity index is 0.815. The molecule has 2 saturated heterocycles. The van der Waals surface area contributed by atoms with Crippen molar-refractivity contribution in [3.8, 4) is 5.75 Å². The first-order valence-corrected chi connectivity index (χ1v) is 26.2. The van der Waals surface area contributed by atoms with Crippen molar-refractivity contribution in [1.29, 1.82) is 0 Å². The van der Waals surface area contributed by atoms with E-state index in [0.29, 0.717) is 42.4 Å². The Morgan fingerprint density at radius 2 is 1.56 bits per heavy atom. The van der Waals surface area contributed by atoms with Gasteiger partial charge in [0.1, 0.15) is 16.8 Å². The molecule has 3 aliphatic rings. The van der Waals surface area contributed by atoms with Gasteiger partial charge in [-0.25, -0.2) is 13.4 Å². The van der Waals surface area contributed by atoms with E-state index in [1.807, 2.05) is 19.9 Å². The van der Waals surface area contributed by atoms with E-state index in [1.54, 1.807) is 56.3 Å². The Morgan fingerprint density at radius 1 is 0.857 bits per heavy atom. The Labute approximate surface area is 415 Å². The molecule has 70 heavy (non-hydrogen) atoms. The summed E-state index contributed by atoms with van der Waals surface area (Å²) in [7, 11) is -3.59. The maximum atomic E-state index is 13.3. The third-order valence-electron chi connectivity index (χ3n) is 12.9. The molecule has 19 heteroatoms. The third-order valence-corrected chi connectivity index (χ3v) is 15.4. The molecular weight excluding hydrogens is 934 g/mol. The Kier molecular flexibility index (Phi) is 17.1. The number of aromatic nitrogens is 2. The molecule has 5 N–H and O–H groups in total. The van der Waals surface area contributed by atoms with Gasteiger partial charge in [0, 0.05) is 25.2 Å². The molecule has 4 aromatic rings. The molecular formula is C51H64ClN9O8S. The quantitative estimate of drug-likeness (QED) is 0.0372. The van der Waals surface area contributed by atoms with Crippen molar-refractivity contribution in [3.63, 3.8) is 0 Å². The number of nitrogens with one attached hydrogen (secondary N) is 5. The molecule has 2 fully saturated rings. The maximum Gasteiger partial charge on any atom is 0.264 e. The molecule has 0 aliphatic carbocycles. The van der Waals surface area contributed by atoms with Gasteiger partial charge in [0.05, 0.1) is 51.5 Å². The number of fused-ring (bicyclic) bond motifs is 1. The van der Waals surface area contributed by atoms with Crippen LogP contribution in [0.25, 0.3) is 0 Å². The van der Waals surface area contributed by atoms with Crippen LogP contribution in [0.1, 0.15) is 130 Å². The van der Waals surface area contributed by atoms with Crippen LogP contribution in [0.2, 0.25) is 5.02 Å². The number of benzene rings is 3. The van der Waals surface area contributed by atoms with Gasteiger partial charge in [-0.05, 0) is 133 Å². The average Bonchev–Trinajstić information content (AvgIpc) is 3.57. The van der Waals surface area contributed by atoms with Gasteiger partial charge >= 0.3 is 0 Å². The van der Waals surface area contributed by atoms with Crippen LogP contribution in [0.4, 0.5) is 28.8 Å². The van der Waals surface area contributed by atoms with Crippen molar-refractivity contribution < 1.29 is 37.1 Å². The smallest absolute Gasteiger partial charge is 0.264 e. The lowest BCUT2D eigenvalue weighted by Gasteiger charge is -2.33. The topological polar surface area (TPSA) is 221 Å². The number of carbonyl (C=O) groups excluding carboxylic acids is 5. The molecule has 7 rings (SSSR count). The highest BCUT2D eigenvalue weighted by Gasteiger charge is 2.45. The highest BCUT2D eigenvalue weighted by molar-refractivity contribution is 7.92. The highest BCUT2D eigenvalue weighted by atomic mass is 35.5. The summed E-state index contributed by atoms with van der Waals surface area (Å²) in [6.07, 6.45) is 9.16. The molecule has 0 radical (unpaired) electrons. The number of nitrogens with zero attached hydrogens (tertiary/aromatic N) is 4. The molecule has 4 heterocycles. The van der Waals surface area contributed by atoms with Crippen molar-refractivity contribution >= 4 is 79.8 Å². The Bertz CT molecular complexity index is 2710. The van der Waals surface area contributed by atoms with Gasteiger partial charge in [-0.15, -0.1) is 0 Å². The van der Waals surface area contributed by atoms with E-state index in [2.05, 4.69) is 54.4 Å². The van der Waals surface area contributed by atoms with Crippen LogP contribution in [-0.2, 0) is 24.2 Å². The van der Waals surface area contributed by atoms with Crippen molar-refractivity contribution in [2.75, 3.05) is 48.7 Å². The number of likely N-dealkylation sites (tertiary alicyclic amines) is 1. The molecule has 374 valence electrons. The fourth-order valence-corrected chi connectivity index (χ4v) is 10.5. The number of para-hydroxylation sites is 1. The second kappa shape index (κ2) is 23.2. The number of unbranched alkanes of at least 4 members (excludes halogenated alkanes) is 5. The number of carbonyl (C=O) groups is 5. The lowest BCUT2D eigenvalue weighted by molar-refractivity contribution is -0.136. The highest BCUT2D eigenvalue weighted by Crippen LogP contribution is 2.39. The summed E-state index contributed by atoms with van der Waals surface area (Å²) in [5.41, 5.74) is 4.41. The van der Waals surface area contributed by atoms with Crippen LogP contribution in [0.15, 0.2) is 65.7 Å². The normalized spacial score (nSPS) is 16.7. The SMILES string of the molecule is Cc1cc(Nc2ncc(Cl)c(Nc3ccccc3S(=O)(=O)C(C)C)n2)c(OC(C)C)cc1C1CCN(CC(=O)NCCCCCCCCNc2cccc3c2C(=O)N(C2CCC(=O)NC2=O)C3=O)CC1. The minimum Gasteiger partial charge on any atom is -0.489 e. The summed E-state index contributed by atoms with van der Waals surface area (Å²) >= 11 is 6.51. The Hall–Kier alpha value is -6.11. The second-order valence-electron chi connectivity index (χ2n) is 18.7. The van der Waals surface area contributed by atoms with Gasteiger partial charge in [-0.1, -0.05) is 55.5 Å². The third kappa shape index (κ3) is 12.4. The molecule has 0 bridgehead atoms.